The summed E-state index contributed by atoms with van der Waals surface area (Å²) in [6.45, 7) is 0.911. The number of nitrogens with zero attached hydrogens (tertiary/aromatic N) is 4. The maximum atomic E-state index is 4.68. The number of aromatic nitrogens is 3. The highest BCUT2D eigenvalue weighted by Gasteiger charge is 2.32. The minimum atomic E-state index is 0.597. The van der Waals surface area contributed by atoms with Crippen LogP contribution in [-0.4, -0.2) is 20.4 Å². The van der Waals surface area contributed by atoms with Gasteiger partial charge in [-0.1, -0.05) is 6.07 Å². The largest absolute Gasteiger partial charge is 0.345 e. The summed E-state index contributed by atoms with van der Waals surface area (Å²) in [5, 5.41) is 2.12. The van der Waals surface area contributed by atoms with Crippen molar-refractivity contribution in [2.45, 2.75) is 25.4 Å². The molecule has 20 heavy (non-hydrogen) atoms. The van der Waals surface area contributed by atoms with Gasteiger partial charge in [0.15, 0.2) is 11.5 Å². The lowest BCUT2D eigenvalue weighted by molar-refractivity contribution is 0.783. The number of fused-ring (bicyclic) bond motifs is 1. The number of hydrogen-bond donors (Lipinski definition) is 0. The van der Waals surface area contributed by atoms with Gasteiger partial charge in [-0.3, -0.25) is 0 Å². The Morgan fingerprint density at radius 1 is 1.45 bits per heavy atom. The zero-order valence-corrected chi connectivity index (χ0v) is 13.1. The highest BCUT2D eigenvalue weighted by molar-refractivity contribution is 9.10. The van der Waals surface area contributed by atoms with E-state index >= 15 is 0 Å². The summed E-state index contributed by atoms with van der Waals surface area (Å²) in [5.74, 6) is 0.972. The van der Waals surface area contributed by atoms with Crippen LogP contribution in [0.2, 0.25) is 0 Å². The summed E-state index contributed by atoms with van der Waals surface area (Å²) >= 11 is 5.29. The van der Waals surface area contributed by atoms with E-state index < -0.39 is 0 Å². The minimum absolute atomic E-state index is 0.597. The van der Waals surface area contributed by atoms with Gasteiger partial charge in [0, 0.05) is 29.5 Å². The lowest BCUT2D eigenvalue weighted by atomic mass is 10.4. The van der Waals surface area contributed by atoms with Gasteiger partial charge in [-0.25, -0.2) is 9.97 Å². The van der Waals surface area contributed by atoms with Crippen molar-refractivity contribution in [1.29, 1.82) is 0 Å². The number of halogens is 1. The lowest BCUT2D eigenvalue weighted by Crippen LogP contribution is -2.26. The first-order chi connectivity index (χ1) is 9.81. The van der Waals surface area contributed by atoms with Crippen LogP contribution in [0.5, 0.6) is 0 Å². The molecule has 1 saturated carbocycles. The second-order valence-corrected chi connectivity index (χ2v) is 6.83. The van der Waals surface area contributed by atoms with E-state index in [1.807, 2.05) is 23.0 Å². The molecular weight excluding hydrogens is 336 g/mol. The Balaban J connectivity index is 1.79. The van der Waals surface area contributed by atoms with Gasteiger partial charge in [0.25, 0.3) is 0 Å². The summed E-state index contributed by atoms with van der Waals surface area (Å²) in [4.78, 5) is 12.9. The van der Waals surface area contributed by atoms with Gasteiger partial charge in [-0.15, -0.1) is 11.3 Å². The lowest BCUT2D eigenvalue weighted by Gasteiger charge is -2.23. The quantitative estimate of drug-likeness (QED) is 0.720. The summed E-state index contributed by atoms with van der Waals surface area (Å²) in [7, 11) is 0. The number of hydrogen-bond acceptors (Lipinski definition) is 4. The molecule has 0 saturated heterocycles. The molecule has 0 aromatic carbocycles. The second kappa shape index (κ2) is 4.86. The topological polar surface area (TPSA) is 33.4 Å². The number of rotatable bonds is 4. The third kappa shape index (κ3) is 2.23. The Bertz CT molecular complexity index is 733. The third-order valence-electron chi connectivity index (χ3n) is 3.49. The van der Waals surface area contributed by atoms with Crippen molar-refractivity contribution >= 4 is 38.7 Å². The zero-order valence-electron chi connectivity index (χ0n) is 10.7. The molecule has 0 radical (unpaired) electrons. The van der Waals surface area contributed by atoms with Crippen molar-refractivity contribution in [1.82, 2.24) is 14.4 Å². The third-order valence-corrected chi connectivity index (χ3v) is 4.74. The second-order valence-electron chi connectivity index (χ2n) is 4.98. The van der Waals surface area contributed by atoms with Crippen LogP contribution in [0, 0.1) is 0 Å². The molecule has 3 aromatic rings. The number of thiophene rings is 1. The number of imidazole rings is 1. The molecule has 0 atom stereocenters. The normalized spacial score (nSPS) is 14.8. The maximum Gasteiger partial charge on any atom is 0.180 e. The monoisotopic (exact) mass is 348 g/mol. The summed E-state index contributed by atoms with van der Waals surface area (Å²) in [5.41, 5.74) is 0.927. The first-order valence-electron chi connectivity index (χ1n) is 6.59. The Morgan fingerprint density at radius 3 is 3.10 bits per heavy atom. The molecular formula is C14H13BrN4S. The van der Waals surface area contributed by atoms with Crippen LogP contribution in [0.1, 0.15) is 17.7 Å². The van der Waals surface area contributed by atoms with Crippen molar-refractivity contribution in [2.24, 2.45) is 0 Å². The Kier molecular flexibility index (Phi) is 3.00. The SMILES string of the molecule is Brc1cn2ccnc2c(N(Cc2cccs2)C2CC2)n1. The molecule has 6 heteroatoms. The highest BCUT2D eigenvalue weighted by Crippen LogP contribution is 2.35. The fourth-order valence-electron chi connectivity index (χ4n) is 2.41. The standard InChI is InChI=1S/C14H13BrN4S/c15-12-9-18-6-5-16-13(18)14(17-12)19(10-3-4-10)8-11-2-1-7-20-11/h1-2,5-7,9-10H,3-4,8H2. The molecule has 102 valence electrons. The molecule has 0 bridgehead atoms. The van der Waals surface area contributed by atoms with E-state index in [1.165, 1.54) is 17.7 Å². The molecule has 4 nitrogen and oxygen atoms in total. The predicted molar refractivity (Wildman–Crippen MR) is 84.2 cm³/mol. The molecule has 1 fully saturated rings. The molecule has 0 spiro atoms. The zero-order chi connectivity index (χ0) is 13.5. The van der Waals surface area contributed by atoms with E-state index in [0.717, 1.165) is 22.6 Å². The van der Waals surface area contributed by atoms with Gasteiger partial charge in [0.05, 0.1) is 6.54 Å². The fourth-order valence-corrected chi connectivity index (χ4v) is 3.50. The van der Waals surface area contributed by atoms with E-state index in [4.69, 9.17) is 0 Å². The molecule has 0 amide bonds. The molecule has 1 aliphatic rings. The molecule has 3 heterocycles. The van der Waals surface area contributed by atoms with E-state index in [0.29, 0.717) is 6.04 Å². The van der Waals surface area contributed by atoms with Crippen LogP contribution >= 0.6 is 27.3 Å². The first kappa shape index (κ1) is 12.3. The van der Waals surface area contributed by atoms with Gasteiger partial charge in [-0.2, -0.15) is 0 Å². The van der Waals surface area contributed by atoms with E-state index in [1.54, 1.807) is 11.3 Å². The summed E-state index contributed by atoms with van der Waals surface area (Å²) in [6, 6.07) is 4.88. The van der Waals surface area contributed by atoms with Crippen molar-refractivity contribution in [3.8, 4) is 0 Å². The van der Waals surface area contributed by atoms with Crippen LogP contribution < -0.4 is 4.90 Å². The Morgan fingerprint density at radius 2 is 2.35 bits per heavy atom. The summed E-state index contributed by atoms with van der Waals surface area (Å²) < 4.78 is 2.87. The molecule has 4 rings (SSSR count). The maximum absolute atomic E-state index is 4.68. The number of anilines is 1. The first-order valence-corrected chi connectivity index (χ1v) is 8.27. The fraction of sp³-hybridized carbons (Fsp3) is 0.286. The van der Waals surface area contributed by atoms with Gasteiger partial charge in [-0.05, 0) is 40.2 Å². The minimum Gasteiger partial charge on any atom is -0.345 e. The summed E-state index contributed by atoms with van der Waals surface area (Å²) in [6.07, 6.45) is 8.21. The van der Waals surface area contributed by atoms with Crippen molar-refractivity contribution in [3.05, 3.63) is 45.6 Å². The van der Waals surface area contributed by atoms with Gasteiger partial charge in [0.1, 0.15) is 4.60 Å². The Hall–Kier alpha value is -1.40. The van der Waals surface area contributed by atoms with Crippen LogP contribution in [0.3, 0.4) is 0 Å². The van der Waals surface area contributed by atoms with Gasteiger partial charge in [0.2, 0.25) is 0 Å². The van der Waals surface area contributed by atoms with E-state index in [2.05, 4.69) is 48.3 Å². The highest BCUT2D eigenvalue weighted by atomic mass is 79.9. The van der Waals surface area contributed by atoms with Crippen molar-refractivity contribution < 1.29 is 0 Å². The van der Waals surface area contributed by atoms with Crippen LogP contribution in [0.4, 0.5) is 5.82 Å². The average Bonchev–Trinajstić information content (AvgIpc) is 2.96. The van der Waals surface area contributed by atoms with Gasteiger partial charge >= 0.3 is 0 Å². The molecule has 1 aliphatic carbocycles. The van der Waals surface area contributed by atoms with Crippen LogP contribution in [-0.2, 0) is 6.54 Å². The molecule has 3 aromatic heterocycles. The van der Waals surface area contributed by atoms with Crippen LogP contribution in [0.25, 0.3) is 5.65 Å². The molecule has 0 N–H and O–H groups in total. The molecule has 0 aliphatic heterocycles. The average molecular weight is 349 g/mol. The van der Waals surface area contributed by atoms with E-state index in [-0.39, 0.29) is 0 Å². The van der Waals surface area contributed by atoms with E-state index in [9.17, 15) is 0 Å². The predicted octanol–water partition coefficient (Wildman–Crippen LogP) is 3.72. The smallest absolute Gasteiger partial charge is 0.180 e. The van der Waals surface area contributed by atoms with Crippen molar-refractivity contribution in [3.63, 3.8) is 0 Å². The van der Waals surface area contributed by atoms with Crippen molar-refractivity contribution in [2.75, 3.05) is 4.90 Å². The van der Waals surface area contributed by atoms with Gasteiger partial charge < -0.3 is 9.30 Å². The molecule has 0 unspecified atom stereocenters. The Labute approximate surface area is 129 Å². The van der Waals surface area contributed by atoms with Crippen LogP contribution in [0.15, 0.2) is 40.7 Å².